The summed E-state index contributed by atoms with van der Waals surface area (Å²) in [5.74, 6) is 0.312. The van der Waals surface area contributed by atoms with Crippen molar-refractivity contribution >= 4 is 39.0 Å². The molecule has 0 aromatic carbocycles. The predicted octanol–water partition coefficient (Wildman–Crippen LogP) is 2.80. The molecule has 0 saturated heterocycles. The monoisotopic (exact) mass is 363 g/mol. The first-order valence-electron chi connectivity index (χ1n) is 6.04. The van der Waals surface area contributed by atoms with Gasteiger partial charge < -0.3 is 5.32 Å². The molecule has 0 aliphatic rings. The van der Waals surface area contributed by atoms with Crippen molar-refractivity contribution in [3.05, 3.63) is 57.3 Å². The number of carbonyl (C=O) groups excluding carboxylic acids is 1. The molecule has 0 saturated carbocycles. The normalized spacial score (nSPS) is 10.5. The molecule has 106 valence electrons. The third kappa shape index (κ3) is 3.34. The lowest BCUT2D eigenvalue weighted by Gasteiger charge is -2.07. The van der Waals surface area contributed by atoms with Crippen LogP contribution in [-0.4, -0.2) is 25.7 Å². The second-order valence-electron chi connectivity index (χ2n) is 4.15. The summed E-state index contributed by atoms with van der Waals surface area (Å²) in [4.78, 5) is 21.0. The van der Waals surface area contributed by atoms with Crippen LogP contribution in [0.15, 0.2) is 46.8 Å². The predicted molar refractivity (Wildman–Crippen MR) is 83.3 cm³/mol. The number of nitrogens with zero attached hydrogens (tertiary/aromatic N) is 4. The SMILES string of the molecule is O=C(Nc1ccnn1Cc1cc(Br)cs1)c1cnccn1. The Balaban J connectivity index is 1.75. The van der Waals surface area contributed by atoms with E-state index in [0.29, 0.717) is 12.4 Å². The first-order chi connectivity index (χ1) is 10.2. The quantitative estimate of drug-likeness (QED) is 0.773. The van der Waals surface area contributed by atoms with Crippen molar-refractivity contribution in [3.63, 3.8) is 0 Å². The zero-order valence-electron chi connectivity index (χ0n) is 10.7. The van der Waals surface area contributed by atoms with Crippen LogP contribution in [0.5, 0.6) is 0 Å². The van der Waals surface area contributed by atoms with E-state index in [4.69, 9.17) is 0 Å². The summed E-state index contributed by atoms with van der Waals surface area (Å²) in [5, 5.41) is 9.02. The lowest BCUT2D eigenvalue weighted by Crippen LogP contribution is -2.17. The van der Waals surface area contributed by atoms with Crippen LogP contribution in [-0.2, 0) is 6.54 Å². The highest BCUT2D eigenvalue weighted by molar-refractivity contribution is 9.10. The van der Waals surface area contributed by atoms with Crippen LogP contribution in [0, 0.1) is 0 Å². The molecule has 1 N–H and O–H groups in total. The largest absolute Gasteiger partial charge is 0.305 e. The van der Waals surface area contributed by atoms with Crippen LogP contribution in [0.25, 0.3) is 0 Å². The fourth-order valence-corrected chi connectivity index (χ4v) is 3.18. The maximum atomic E-state index is 12.1. The van der Waals surface area contributed by atoms with E-state index in [1.807, 2.05) is 11.4 Å². The zero-order valence-corrected chi connectivity index (χ0v) is 13.1. The molecule has 0 radical (unpaired) electrons. The lowest BCUT2D eigenvalue weighted by atomic mass is 10.4. The maximum absolute atomic E-state index is 12.1. The molecule has 3 aromatic heterocycles. The molecule has 0 bridgehead atoms. The Labute approximate surface area is 133 Å². The average molecular weight is 364 g/mol. The number of aromatic nitrogens is 4. The number of carbonyl (C=O) groups is 1. The first-order valence-corrected chi connectivity index (χ1v) is 7.72. The Morgan fingerprint density at radius 2 is 2.29 bits per heavy atom. The van der Waals surface area contributed by atoms with Gasteiger partial charge in [-0.25, -0.2) is 9.67 Å². The van der Waals surface area contributed by atoms with E-state index >= 15 is 0 Å². The summed E-state index contributed by atoms with van der Waals surface area (Å²) in [7, 11) is 0. The number of amides is 1. The molecule has 0 spiro atoms. The molecular weight excluding hydrogens is 354 g/mol. The zero-order chi connectivity index (χ0) is 14.7. The van der Waals surface area contributed by atoms with Gasteiger partial charge in [-0.1, -0.05) is 0 Å². The second kappa shape index (κ2) is 6.15. The molecule has 0 unspecified atom stereocenters. The summed E-state index contributed by atoms with van der Waals surface area (Å²) < 4.78 is 2.77. The van der Waals surface area contributed by atoms with Gasteiger partial charge in [0.1, 0.15) is 11.5 Å². The third-order valence-electron chi connectivity index (χ3n) is 2.68. The molecule has 3 rings (SSSR count). The fraction of sp³-hybridized carbons (Fsp3) is 0.0769. The number of hydrogen-bond acceptors (Lipinski definition) is 5. The van der Waals surface area contributed by atoms with Gasteiger partial charge in [0.2, 0.25) is 0 Å². The van der Waals surface area contributed by atoms with Gasteiger partial charge in [0.25, 0.3) is 5.91 Å². The summed E-state index contributed by atoms with van der Waals surface area (Å²) in [6.07, 6.45) is 6.08. The van der Waals surface area contributed by atoms with E-state index in [-0.39, 0.29) is 11.6 Å². The molecule has 0 fully saturated rings. The van der Waals surface area contributed by atoms with Gasteiger partial charge in [-0.2, -0.15) is 5.10 Å². The minimum atomic E-state index is -0.308. The van der Waals surface area contributed by atoms with Crippen LogP contribution < -0.4 is 5.32 Å². The average Bonchev–Trinajstić information content (AvgIpc) is 3.10. The van der Waals surface area contributed by atoms with Crippen LogP contribution in [0.1, 0.15) is 15.4 Å². The molecule has 3 aromatic rings. The fourth-order valence-electron chi connectivity index (χ4n) is 1.75. The number of nitrogens with one attached hydrogen (secondary N) is 1. The lowest BCUT2D eigenvalue weighted by molar-refractivity contribution is 0.102. The van der Waals surface area contributed by atoms with Gasteiger partial charge >= 0.3 is 0 Å². The Bertz CT molecular complexity index is 755. The van der Waals surface area contributed by atoms with Crippen molar-refractivity contribution in [3.8, 4) is 0 Å². The number of anilines is 1. The standard InChI is InChI=1S/C13H10BrN5OS/c14-9-5-10(21-8-9)7-19-12(1-2-17-19)18-13(20)11-6-15-3-4-16-11/h1-6,8H,7H2,(H,18,20). The number of rotatable bonds is 4. The summed E-state index contributed by atoms with van der Waals surface area (Å²) in [6.45, 7) is 0.597. The molecular formula is C13H10BrN5OS. The molecule has 3 heterocycles. The molecule has 0 aliphatic carbocycles. The van der Waals surface area contributed by atoms with Crippen molar-refractivity contribution < 1.29 is 4.79 Å². The van der Waals surface area contributed by atoms with E-state index in [2.05, 4.69) is 36.3 Å². The highest BCUT2D eigenvalue weighted by atomic mass is 79.9. The van der Waals surface area contributed by atoms with Crippen molar-refractivity contribution in [2.45, 2.75) is 6.54 Å². The van der Waals surface area contributed by atoms with Crippen LogP contribution >= 0.6 is 27.3 Å². The van der Waals surface area contributed by atoms with Gasteiger partial charge in [-0.05, 0) is 22.0 Å². The van der Waals surface area contributed by atoms with Gasteiger partial charge in [-0.3, -0.25) is 9.78 Å². The van der Waals surface area contributed by atoms with Gasteiger partial charge in [0.15, 0.2) is 0 Å². The summed E-state index contributed by atoms with van der Waals surface area (Å²) in [6, 6.07) is 3.78. The minimum absolute atomic E-state index is 0.268. The Kier molecular flexibility index (Phi) is 4.07. The highest BCUT2D eigenvalue weighted by Gasteiger charge is 2.11. The molecule has 0 aliphatic heterocycles. The van der Waals surface area contributed by atoms with Crippen LogP contribution in [0.4, 0.5) is 5.82 Å². The number of halogens is 1. The summed E-state index contributed by atoms with van der Waals surface area (Å²) in [5.41, 5.74) is 0.268. The highest BCUT2D eigenvalue weighted by Crippen LogP contribution is 2.21. The van der Waals surface area contributed by atoms with Gasteiger partial charge in [0, 0.05) is 33.2 Å². The minimum Gasteiger partial charge on any atom is -0.305 e. The molecule has 1 amide bonds. The maximum Gasteiger partial charge on any atom is 0.277 e. The second-order valence-corrected chi connectivity index (χ2v) is 6.06. The van der Waals surface area contributed by atoms with Gasteiger partial charge in [-0.15, -0.1) is 11.3 Å². The summed E-state index contributed by atoms with van der Waals surface area (Å²) >= 11 is 5.05. The number of thiophene rings is 1. The van der Waals surface area contributed by atoms with E-state index < -0.39 is 0 Å². The van der Waals surface area contributed by atoms with Crippen molar-refractivity contribution in [2.75, 3.05) is 5.32 Å². The topological polar surface area (TPSA) is 72.7 Å². The molecule has 8 heteroatoms. The Hall–Kier alpha value is -2.06. The van der Waals surface area contributed by atoms with E-state index in [1.165, 1.54) is 18.6 Å². The smallest absolute Gasteiger partial charge is 0.277 e. The first kappa shape index (κ1) is 13.9. The van der Waals surface area contributed by atoms with E-state index in [9.17, 15) is 4.79 Å². The molecule has 21 heavy (non-hydrogen) atoms. The van der Waals surface area contributed by atoms with Crippen molar-refractivity contribution in [2.24, 2.45) is 0 Å². The van der Waals surface area contributed by atoms with Gasteiger partial charge in [0.05, 0.1) is 18.9 Å². The van der Waals surface area contributed by atoms with Crippen molar-refractivity contribution in [1.29, 1.82) is 0 Å². The third-order valence-corrected chi connectivity index (χ3v) is 4.36. The Morgan fingerprint density at radius 3 is 3.00 bits per heavy atom. The molecule has 6 nitrogen and oxygen atoms in total. The van der Waals surface area contributed by atoms with Crippen LogP contribution in [0.3, 0.4) is 0 Å². The van der Waals surface area contributed by atoms with E-state index in [0.717, 1.165) is 9.35 Å². The van der Waals surface area contributed by atoms with Crippen LogP contribution in [0.2, 0.25) is 0 Å². The van der Waals surface area contributed by atoms with E-state index in [1.54, 1.807) is 28.3 Å². The Morgan fingerprint density at radius 1 is 1.38 bits per heavy atom. The molecule has 0 atom stereocenters. The van der Waals surface area contributed by atoms with Crippen molar-refractivity contribution in [1.82, 2.24) is 19.7 Å². The number of hydrogen-bond donors (Lipinski definition) is 1.